The predicted octanol–water partition coefficient (Wildman–Crippen LogP) is 0.823. The third kappa shape index (κ3) is 2.93. The summed E-state index contributed by atoms with van der Waals surface area (Å²) in [6.07, 6.45) is 1.63. The van der Waals surface area contributed by atoms with E-state index in [1.807, 2.05) is 6.92 Å². The van der Waals surface area contributed by atoms with Gasteiger partial charge in [0.1, 0.15) is 5.82 Å². The molecule has 1 aromatic rings. The van der Waals surface area contributed by atoms with E-state index >= 15 is 0 Å². The smallest absolute Gasteiger partial charge is 0.491 e. The summed E-state index contributed by atoms with van der Waals surface area (Å²) in [4.78, 5) is 0. The van der Waals surface area contributed by atoms with Gasteiger partial charge in [-0.1, -0.05) is 13.3 Å². The summed E-state index contributed by atoms with van der Waals surface area (Å²) in [5.41, 5.74) is -0.783. The second-order valence-corrected chi connectivity index (χ2v) is 3.35. The predicted molar refractivity (Wildman–Crippen MR) is 56.6 cm³/mol. The van der Waals surface area contributed by atoms with Crippen LogP contribution in [0.4, 0.5) is 8.78 Å². The van der Waals surface area contributed by atoms with Gasteiger partial charge in [0.25, 0.3) is 0 Å². The molecule has 1 rings (SSSR count). The fourth-order valence-electron chi connectivity index (χ4n) is 1.22. The first-order valence-electron chi connectivity index (χ1n) is 5.04. The first-order chi connectivity index (χ1) is 7.57. The van der Waals surface area contributed by atoms with Crippen LogP contribution in [0.25, 0.3) is 0 Å². The van der Waals surface area contributed by atoms with E-state index in [0.29, 0.717) is 6.61 Å². The molecule has 0 saturated heterocycles. The van der Waals surface area contributed by atoms with Crippen molar-refractivity contribution in [2.75, 3.05) is 6.61 Å². The van der Waals surface area contributed by atoms with Gasteiger partial charge in [-0.3, -0.25) is 0 Å². The number of ether oxygens (including phenoxy) is 1. The average molecular weight is 230 g/mol. The molecule has 16 heavy (non-hydrogen) atoms. The van der Waals surface area contributed by atoms with Crippen molar-refractivity contribution in [1.82, 2.24) is 0 Å². The number of benzene rings is 1. The maximum Gasteiger partial charge on any atom is 0.494 e. The highest BCUT2D eigenvalue weighted by atomic mass is 19.1. The Morgan fingerprint density at radius 1 is 1.31 bits per heavy atom. The number of halogens is 2. The van der Waals surface area contributed by atoms with E-state index in [2.05, 4.69) is 0 Å². The summed E-state index contributed by atoms with van der Waals surface area (Å²) in [6.45, 7) is 2.26. The summed E-state index contributed by atoms with van der Waals surface area (Å²) in [5.74, 6) is -2.24. The van der Waals surface area contributed by atoms with Crippen LogP contribution >= 0.6 is 0 Å². The van der Waals surface area contributed by atoms with E-state index < -0.39 is 24.2 Å². The molecule has 0 saturated carbocycles. The summed E-state index contributed by atoms with van der Waals surface area (Å²) in [5, 5.41) is 17.6. The van der Waals surface area contributed by atoms with Crippen LogP contribution in [-0.4, -0.2) is 23.8 Å². The van der Waals surface area contributed by atoms with Crippen LogP contribution in [0.1, 0.15) is 19.8 Å². The molecule has 88 valence electrons. The number of rotatable bonds is 5. The Morgan fingerprint density at radius 3 is 2.56 bits per heavy atom. The van der Waals surface area contributed by atoms with Crippen molar-refractivity contribution in [2.45, 2.75) is 19.8 Å². The Labute approximate surface area is 92.8 Å². The van der Waals surface area contributed by atoms with Crippen molar-refractivity contribution in [3.05, 3.63) is 23.8 Å². The molecule has 0 spiro atoms. The molecule has 0 heterocycles. The molecule has 2 N–H and O–H groups in total. The van der Waals surface area contributed by atoms with Crippen molar-refractivity contribution in [2.24, 2.45) is 0 Å². The van der Waals surface area contributed by atoms with Gasteiger partial charge in [0.2, 0.25) is 0 Å². The maximum absolute atomic E-state index is 13.5. The lowest BCUT2D eigenvalue weighted by Crippen LogP contribution is -2.36. The number of unbranched alkanes of at least 4 members (excludes halogenated alkanes) is 1. The van der Waals surface area contributed by atoms with Gasteiger partial charge in [-0.25, -0.2) is 8.78 Å². The first-order valence-corrected chi connectivity index (χ1v) is 5.04. The van der Waals surface area contributed by atoms with Gasteiger partial charge < -0.3 is 14.8 Å². The minimum Gasteiger partial charge on any atom is -0.491 e. The van der Waals surface area contributed by atoms with Crippen molar-refractivity contribution < 1.29 is 23.6 Å². The molecule has 0 unspecified atom stereocenters. The first kappa shape index (κ1) is 12.9. The Bertz CT molecular complexity index is 358. The van der Waals surface area contributed by atoms with Crippen LogP contribution in [0, 0.1) is 11.6 Å². The van der Waals surface area contributed by atoms with E-state index in [-0.39, 0.29) is 5.75 Å². The monoisotopic (exact) mass is 230 g/mol. The zero-order chi connectivity index (χ0) is 12.1. The molecule has 0 bridgehead atoms. The molecule has 0 radical (unpaired) electrons. The van der Waals surface area contributed by atoms with Gasteiger partial charge in [0, 0.05) is 0 Å². The SMILES string of the molecule is CCCCOc1ccc(F)c(B(O)O)c1F. The molecule has 0 aromatic heterocycles. The molecule has 1 aromatic carbocycles. The van der Waals surface area contributed by atoms with Crippen molar-refractivity contribution in [1.29, 1.82) is 0 Å². The summed E-state index contributed by atoms with van der Waals surface area (Å²) >= 11 is 0. The molecular weight excluding hydrogens is 217 g/mol. The number of hydrogen-bond donors (Lipinski definition) is 2. The van der Waals surface area contributed by atoms with Crippen LogP contribution in [0.3, 0.4) is 0 Å². The van der Waals surface area contributed by atoms with Gasteiger partial charge in [-0.15, -0.1) is 0 Å². The van der Waals surface area contributed by atoms with Gasteiger partial charge in [-0.05, 0) is 18.6 Å². The van der Waals surface area contributed by atoms with E-state index in [9.17, 15) is 8.78 Å². The normalized spacial score (nSPS) is 10.3. The van der Waals surface area contributed by atoms with Crippen molar-refractivity contribution in [3.8, 4) is 5.75 Å². The Balaban J connectivity index is 2.90. The van der Waals surface area contributed by atoms with E-state index in [4.69, 9.17) is 14.8 Å². The second kappa shape index (κ2) is 5.82. The van der Waals surface area contributed by atoms with Crippen molar-refractivity contribution in [3.63, 3.8) is 0 Å². The molecule has 0 aliphatic heterocycles. The second-order valence-electron chi connectivity index (χ2n) is 3.35. The molecule has 0 amide bonds. The van der Waals surface area contributed by atoms with E-state index in [1.54, 1.807) is 0 Å². The zero-order valence-corrected chi connectivity index (χ0v) is 8.91. The number of hydrogen-bond acceptors (Lipinski definition) is 3. The minimum absolute atomic E-state index is 0.169. The standard InChI is InChI=1S/C10H13BF2O3/c1-2-3-6-16-8-5-4-7(12)9(10(8)13)11(14)15/h4-5,14-15H,2-3,6H2,1H3. The molecule has 6 heteroatoms. The lowest BCUT2D eigenvalue weighted by molar-refractivity contribution is 0.293. The van der Waals surface area contributed by atoms with Gasteiger partial charge >= 0.3 is 7.12 Å². The highest BCUT2D eigenvalue weighted by Crippen LogP contribution is 2.16. The fourth-order valence-corrected chi connectivity index (χ4v) is 1.22. The fraction of sp³-hybridized carbons (Fsp3) is 0.400. The Kier molecular flexibility index (Phi) is 4.70. The summed E-state index contributed by atoms with van der Waals surface area (Å²) in [6, 6.07) is 2.07. The zero-order valence-electron chi connectivity index (χ0n) is 8.91. The van der Waals surface area contributed by atoms with Gasteiger partial charge in [-0.2, -0.15) is 0 Å². The molecule has 0 fully saturated rings. The van der Waals surface area contributed by atoms with E-state index in [1.165, 1.54) is 0 Å². The highest BCUT2D eigenvalue weighted by molar-refractivity contribution is 6.58. The van der Waals surface area contributed by atoms with Crippen LogP contribution in [0.2, 0.25) is 0 Å². The third-order valence-corrected chi connectivity index (χ3v) is 2.10. The molecular formula is C10H13BF2O3. The topological polar surface area (TPSA) is 49.7 Å². The van der Waals surface area contributed by atoms with Crippen LogP contribution in [-0.2, 0) is 0 Å². The van der Waals surface area contributed by atoms with Crippen LogP contribution in [0.5, 0.6) is 5.75 Å². The molecule has 0 aliphatic rings. The Hall–Kier alpha value is -1.14. The molecule has 3 nitrogen and oxygen atoms in total. The van der Waals surface area contributed by atoms with E-state index in [0.717, 1.165) is 25.0 Å². The average Bonchev–Trinajstić information content (AvgIpc) is 2.21. The Morgan fingerprint density at radius 2 is 2.00 bits per heavy atom. The minimum atomic E-state index is -2.19. The van der Waals surface area contributed by atoms with Crippen molar-refractivity contribution >= 4 is 12.6 Å². The lowest BCUT2D eigenvalue weighted by atomic mass is 9.79. The maximum atomic E-state index is 13.5. The van der Waals surface area contributed by atoms with Crippen LogP contribution < -0.4 is 10.2 Å². The van der Waals surface area contributed by atoms with Gasteiger partial charge in [0.05, 0.1) is 12.1 Å². The summed E-state index contributed by atoms with van der Waals surface area (Å²) < 4.78 is 31.6. The van der Waals surface area contributed by atoms with Crippen LogP contribution in [0.15, 0.2) is 12.1 Å². The highest BCUT2D eigenvalue weighted by Gasteiger charge is 2.24. The largest absolute Gasteiger partial charge is 0.494 e. The summed E-state index contributed by atoms with van der Waals surface area (Å²) in [7, 11) is -2.19. The third-order valence-electron chi connectivity index (χ3n) is 2.10. The quantitative estimate of drug-likeness (QED) is 0.581. The van der Waals surface area contributed by atoms with Gasteiger partial charge in [0.15, 0.2) is 11.6 Å². The molecule has 0 aliphatic carbocycles. The lowest BCUT2D eigenvalue weighted by Gasteiger charge is -2.10. The molecule has 0 atom stereocenters.